The number of ether oxygens (including phenoxy) is 3. The standard InChI is InChI=1S/C13H16N2O4/c16-13(14-15-3-5-17-6-4-15)10-1-2-11-12(9-10)19-8-7-18-11/h1-2,9H,3-8H2,(H,14,16). The fourth-order valence-corrected chi connectivity index (χ4v) is 2.07. The molecule has 2 aliphatic rings. The van der Waals surface area contributed by atoms with Crippen molar-refractivity contribution in [2.24, 2.45) is 0 Å². The summed E-state index contributed by atoms with van der Waals surface area (Å²) in [6.07, 6.45) is 0. The third-order valence-electron chi connectivity index (χ3n) is 3.08. The lowest BCUT2D eigenvalue weighted by Crippen LogP contribution is -2.48. The Morgan fingerprint density at radius 3 is 2.58 bits per heavy atom. The van der Waals surface area contributed by atoms with E-state index in [2.05, 4.69) is 5.43 Å². The topological polar surface area (TPSA) is 60.0 Å². The van der Waals surface area contributed by atoms with Crippen molar-refractivity contribution in [2.75, 3.05) is 39.5 Å². The number of hydrogen-bond donors (Lipinski definition) is 1. The zero-order chi connectivity index (χ0) is 13.1. The molecule has 0 radical (unpaired) electrons. The van der Waals surface area contributed by atoms with Crippen LogP contribution in [0.15, 0.2) is 18.2 Å². The SMILES string of the molecule is O=C(NN1CCOCC1)c1ccc2c(c1)OCCO2. The predicted octanol–water partition coefficient (Wildman–Crippen LogP) is 0.435. The van der Waals surface area contributed by atoms with Crippen molar-refractivity contribution in [1.82, 2.24) is 10.4 Å². The first-order valence-electron chi connectivity index (χ1n) is 6.36. The molecule has 0 spiro atoms. The van der Waals surface area contributed by atoms with Crippen LogP contribution in [0.3, 0.4) is 0 Å². The van der Waals surface area contributed by atoms with E-state index in [0.717, 1.165) is 0 Å². The molecule has 0 unspecified atom stereocenters. The van der Waals surface area contributed by atoms with Crippen molar-refractivity contribution < 1.29 is 19.0 Å². The van der Waals surface area contributed by atoms with Gasteiger partial charge in [-0.1, -0.05) is 0 Å². The van der Waals surface area contributed by atoms with Gasteiger partial charge in [0.2, 0.25) is 0 Å². The lowest BCUT2D eigenvalue weighted by atomic mass is 10.2. The average molecular weight is 264 g/mol. The highest BCUT2D eigenvalue weighted by Crippen LogP contribution is 2.30. The third-order valence-corrected chi connectivity index (χ3v) is 3.08. The second-order valence-corrected chi connectivity index (χ2v) is 4.40. The summed E-state index contributed by atoms with van der Waals surface area (Å²) in [5.41, 5.74) is 3.43. The van der Waals surface area contributed by atoms with E-state index in [1.54, 1.807) is 18.2 Å². The zero-order valence-electron chi connectivity index (χ0n) is 10.6. The molecule has 1 aromatic rings. The highest BCUT2D eigenvalue weighted by molar-refractivity contribution is 5.94. The van der Waals surface area contributed by atoms with E-state index in [0.29, 0.717) is 56.6 Å². The predicted molar refractivity (Wildman–Crippen MR) is 67.3 cm³/mol. The molecule has 19 heavy (non-hydrogen) atoms. The molecule has 6 nitrogen and oxygen atoms in total. The van der Waals surface area contributed by atoms with Gasteiger partial charge in [0.05, 0.1) is 13.2 Å². The fraction of sp³-hybridized carbons (Fsp3) is 0.462. The maximum Gasteiger partial charge on any atom is 0.265 e. The number of benzene rings is 1. The molecule has 1 fully saturated rings. The molecule has 0 atom stereocenters. The average Bonchev–Trinajstić information content (AvgIpc) is 2.48. The Bertz CT molecular complexity index is 472. The second kappa shape index (κ2) is 5.46. The summed E-state index contributed by atoms with van der Waals surface area (Å²) < 4.78 is 16.1. The van der Waals surface area contributed by atoms with Crippen molar-refractivity contribution in [3.05, 3.63) is 23.8 Å². The van der Waals surface area contributed by atoms with Crippen LogP contribution in [0.25, 0.3) is 0 Å². The minimum atomic E-state index is -0.140. The van der Waals surface area contributed by atoms with Crippen molar-refractivity contribution in [2.45, 2.75) is 0 Å². The van der Waals surface area contributed by atoms with Crippen LogP contribution in [-0.2, 0) is 4.74 Å². The molecule has 2 aliphatic heterocycles. The molecule has 0 bridgehead atoms. The van der Waals surface area contributed by atoms with Gasteiger partial charge in [0.1, 0.15) is 13.2 Å². The Labute approximate surface area is 111 Å². The summed E-state index contributed by atoms with van der Waals surface area (Å²) in [7, 11) is 0. The molecule has 2 heterocycles. The molecule has 1 amide bonds. The summed E-state index contributed by atoms with van der Waals surface area (Å²) in [6, 6.07) is 5.22. The van der Waals surface area contributed by atoms with E-state index < -0.39 is 0 Å². The Morgan fingerprint density at radius 2 is 1.79 bits per heavy atom. The quantitative estimate of drug-likeness (QED) is 0.839. The van der Waals surface area contributed by atoms with Gasteiger partial charge in [0.25, 0.3) is 5.91 Å². The number of morpholine rings is 1. The van der Waals surface area contributed by atoms with E-state index in [1.165, 1.54) is 0 Å². The van der Waals surface area contributed by atoms with Gasteiger partial charge in [-0.05, 0) is 18.2 Å². The maximum atomic E-state index is 12.1. The van der Waals surface area contributed by atoms with E-state index >= 15 is 0 Å². The minimum Gasteiger partial charge on any atom is -0.486 e. The van der Waals surface area contributed by atoms with Crippen LogP contribution in [0.5, 0.6) is 11.5 Å². The Hall–Kier alpha value is -1.79. The fourth-order valence-electron chi connectivity index (χ4n) is 2.07. The lowest BCUT2D eigenvalue weighted by Gasteiger charge is -2.27. The molecule has 1 aromatic carbocycles. The Kier molecular flexibility index (Phi) is 3.52. The van der Waals surface area contributed by atoms with Crippen LogP contribution in [-0.4, -0.2) is 50.4 Å². The number of rotatable bonds is 2. The van der Waals surface area contributed by atoms with Crippen molar-refractivity contribution in [1.29, 1.82) is 0 Å². The van der Waals surface area contributed by atoms with Crippen LogP contribution in [0.4, 0.5) is 0 Å². The number of carbonyl (C=O) groups is 1. The normalized spacial score (nSPS) is 18.9. The first-order chi connectivity index (χ1) is 9.33. The molecule has 0 saturated carbocycles. The van der Waals surface area contributed by atoms with E-state index in [-0.39, 0.29) is 5.91 Å². The van der Waals surface area contributed by atoms with Gasteiger partial charge in [-0.3, -0.25) is 10.2 Å². The smallest absolute Gasteiger partial charge is 0.265 e. The van der Waals surface area contributed by atoms with Gasteiger partial charge in [-0.25, -0.2) is 5.01 Å². The molecule has 102 valence electrons. The number of nitrogens with zero attached hydrogens (tertiary/aromatic N) is 1. The van der Waals surface area contributed by atoms with Gasteiger partial charge in [0.15, 0.2) is 11.5 Å². The zero-order valence-corrected chi connectivity index (χ0v) is 10.6. The highest BCUT2D eigenvalue weighted by Gasteiger charge is 2.17. The number of nitrogens with one attached hydrogen (secondary N) is 1. The minimum absolute atomic E-state index is 0.140. The lowest BCUT2D eigenvalue weighted by molar-refractivity contribution is 0.0126. The van der Waals surface area contributed by atoms with Gasteiger partial charge >= 0.3 is 0 Å². The first kappa shape index (κ1) is 12.3. The van der Waals surface area contributed by atoms with E-state index in [1.807, 2.05) is 5.01 Å². The van der Waals surface area contributed by atoms with Gasteiger partial charge in [-0.2, -0.15) is 0 Å². The Morgan fingerprint density at radius 1 is 1.05 bits per heavy atom. The van der Waals surface area contributed by atoms with Crippen LogP contribution in [0.1, 0.15) is 10.4 Å². The molecule has 0 aliphatic carbocycles. The van der Waals surface area contributed by atoms with E-state index in [9.17, 15) is 4.79 Å². The summed E-state index contributed by atoms with van der Waals surface area (Å²) >= 11 is 0. The van der Waals surface area contributed by atoms with Crippen LogP contribution in [0.2, 0.25) is 0 Å². The summed E-state index contributed by atoms with van der Waals surface area (Å²) in [4.78, 5) is 12.1. The molecule has 3 rings (SSSR count). The number of fused-ring (bicyclic) bond motifs is 1. The second-order valence-electron chi connectivity index (χ2n) is 4.40. The van der Waals surface area contributed by atoms with Gasteiger partial charge < -0.3 is 14.2 Å². The number of hydrazine groups is 1. The van der Waals surface area contributed by atoms with Gasteiger partial charge in [-0.15, -0.1) is 0 Å². The number of hydrogen-bond acceptors (Lipinski definition) is 5. The molecule has 0 aromatic heterocycles. The van der Waals surface area contributed by atoms with Crippen molar-refractivity contribution in [3.63, 3.8) is 0 Å². The number of amides is 1. The summed E-state index contributed by atoms with van der Waals surface area (Å²) in [5, 5.41) is 1.86. The number of carbonyl (C=O) groups excluding carboxylic acids is 1. The monoisotopic (exact) mass is 264 g/mol. The molecular formula is C13H16N2O4. The van der Waals surface area contributed by atoms with Crippen molar-refractivity contribution >= 4 is 5.91 Å². The summed E-state index contributed by atoms with van der Waals surface area (Å²) in [5.74, 6) is 1.17. The van der Waals surface area contributed by atoms with E-state index in [4.69, 9.17) is 14.2 Å². The summed E-state index contributed by atoms with van der Waals surface area (Å²) in [6.45, 7) is 3.75. The van der Waals surface area contributed by atoms with Gasteiger partial charge in [0, 0.05) is 18.7 Å². The van der Waals surface area contributed by atoms with Crippen LogP contribution < -0.4 is 14.9 Å². The maximum absolute atomic E-state index is 12.1. The van der Waals surface area contributed by atoms with Crippen LogP contribution >= 0.6 is 0 Å². The largest absolute Gasteiger partial charge is 0.486 e. The first-order valence-corrected chi connectivity index (χ1v) is 6.36. The molecule has 6 heteroatoms. The Balaban J connectivity index is 1.69. The molecular weight excluding hydrogens is 248 g/mol. The molecule has 1 N–H and O–H groups in total. The third kappa shape index (κ3) is 2.80. The van der Waals surface area contributed by atoms with Crippen LogP contribution in [0, 0.1) is 0 Å². The van der Waals surface area contributed by atoms with Crippen molar-refractivity contribution in [3.8, 4) is 11.5 Å². The molecule has 1 saturated heterocycles. The highest BCUT2D eigenvalue weighted by atomic mass is 16.6.